The third kappa shape index (κ3) is 2.80. The van der Waals surface area contributed by atoms with Crippen LogP contribution >= 0.6 is 0 Å². The Balaban J connectivity index is 1.78. The standard InChI is InChI=1S/C16H18N2O6/c1-10-14(20)18(11-4-2-3-5-12(11)24-10)8-13(19)17-16(15(21)22)6-7-23-9-16/h2-5,10H,6-9H2,1H3,(H,17,19)(H,21,22). The van der Waals surface area contributed by atoms with E-state index >= 15 is 0 Å². The van der Waals surface area contributed by atoms with E-state index in [1.54, 1.807) is 31.2 Å². The first-order chi connectivity index (χ1) is 11.4. The molecule has 2 amide bonds. The summed E-state index contributed by atoms with van der Waals surface area (Å²) in [4.78, 5) is 37.5. The Labute approximate surface area is 138 Å². The lowest BCUT2D eigenvalue weighted by atomic mass is 9.99. The van der Waals surface area contributed by atoms with Crippen LogP contribution in [0.1, 0.15) is 13.3 Å². The molecule has 1 aromatic rings. The molecule has 2 heterocycles. The number of fused-ring (bicyclic) bond motifs is 1. The highest BCUT2D eigenvalue weighted by Crippen LogP contribution is 2.33. The summed E-state index contributed by atoms with van der Waals surface area (Å²) in [6.45, 7) is 1.51. The molecule has 1 saturated heterocycles. The van der Waals surface area contributed by atoms with Crippen LogP contribution in [0.5, 0.6) is 5.75 Å². The number of amides is 2. The smallest absolute Gasteiger partial charge is 0.331 e. The van der Waals surface area contributed by atoms with Gasteiger partial charge >= 0.3 is 5.97 Å². The lowest BCUT2D eigenvalue weighted by molar-refractivity contribution is -0.147. The van der Waals surface area contributed by atoms with Gasteiger partial charge in [-0.15, -0.1) is 0 Å². The molecule has 2 atom stereocenters. The second-order valence-electron chi connectivity index (χ2n) is 5.89. The Morgan fingerprint density at radius 1 is 1.42 bits per heavy atom. The number of carbonyl (C=O) groups excluding carboxylic acids is 2. The molecule has 2 aliphatic rings. The van der Waals surface area contributed by atoms with Crippen molar-refractivity contribution in [2.24, 2.45) is 0 Å². The molecule has 0 spiro atoms. The van der Waals surface area contributed by atoms with Crippen LogP contribution in [0, 0.1) is 0 Å². The molecule has 1 aromatic carbocycles. The minimum absolute atomic E-state index is 0.0852. The Bertz CT molecular complexity index is 683. The highest BCUT2D eigenvalue weighted by Gasteiger charge is 2.44. The number of ether oxygens (including phenoxy) is 2. The number of carboxylic acid groups (broad SMARTS) is 1. The van der Waals surface area contributed by atoms with E-state index in [1.165, 1.54) is 4.90 Å². The van der Waals surface area contributed by atoms with Gasteiger partial charge in [-0.05, 0) is 19.1 Å². The van der Waals surface area contributed by atoms with Crippen molar-refractivity contribution < 1.29 is 29.0 Å². The first kappa shape index (κ1) is 16.3. The van der Waals surface area contributed by atoms with Crippen LogP contribution in [0.2, 0.25) is 0 Å². The second kappa shape index (κ2) is 6.12. The van der Waals surface area contributed by atoms with Gasteiger partial charge in [0.1, 0.15) is 12.3 Å². The van der Waals surface area contributed by atoms with Gasteiger partial charge in [-0.3, -0.25) is 14.5 Å². The molecule has 0 radical (unpaired) electrons. The van der Waals surface area contributed by atoms with Gasteiger partial charge in [0, 0.05) is 13.0 Å². The van der Waals surface area contributed by atoms with Gasteiger partial charge in [-0.1, -0.05) is 12.1 Å². The maximum Gasteiger partial charge on any atom is 0.331 e. The van der Waals surface area contributed by atoms with E-state index < -0.39 is 23.5 Å². The number of aliphatic carboxylic acids is 1. The number of hydrogen-bond donors (Lipinski definition) is 2. The van der Waals surface area contributed by atoms with Crippen molar-refractivity contribution in [1.82, 2.24) is 5.32 Å². The summed E-state index contributed by atoms with van der Waals surface area (Å²) in [6, 6.07) is 6.90. The zero-order valence-corrected chi connectivity index (χ0v) is 13.2. The number of hydrogen-bond acceptors (Lipinski definition) is 5. The van der Waals surface area contributed by atoms with Gasteiger partial charge in [0.15, 0.2) is 11.6 Å². The third-order valence-corrected chi connectivity index (χ3v) is 4.19. The quantitative estimate of drug-likeness (QED) is 0.813. The molecule has 2 aliphatic heterocycles. The lowest BCUT2D eigenvalue weighted by Gasteiger charge is -2.33. The predicted octanol–water partition coefficient (Wildman–Crippen LogP) is 0.160. The summed E-state index contributed by atoms with van der Waals surface area (Å²) in [5.41, 5.74) is -0.944. The number of para-hydroxylation sites is 2. The number of anilines is 1. The van der Waals surface area contributed by atoms with Crippen molar-refractivity contribution in [1.29, 1.82) is 0 Å². The van der Waals surface area contributed by atoms with E-state index in [0.717, 1.165) is 0 Å². The summed E-state index contributed by atoms with van der Waals surface area (Å²) < 4.78 is 10.6. The largest absolute Gasteiger partial charge is 0.479 e. The third-order valence-electron chi connectivity index (χ3n) is 4.19. The summed E-state index contributed by atoms with van der Waals surface area (Å²) >= 11 is 0. The molecular weight excluding hydrogens is 316 g/mol. The fourth-order valence-corrected chi connectivity index (χ4v) is 2.86. The minimum atomic E-state index is -1.43. The van der Waals surface area contributed by atoms with E-state index in [2.05, 4.69) is 5.32 Å². The highest BCUT2D eigenvalue weighted by molar-refractivity contribution is 6.04. The Kier molecular flexibility index (Phi) is 4.15. The van der Waals surface area contributed by atoms with E-state index in [4.69, 9.17) is 9.47 Å². The Morgan fingerprint density at radius 2 is 2.17 bits per heavy atom. The molecule has 2 N–H and O–H groups in total. The van der Waals surface area contributed by atoms with Crippen molar-refractivity contribution in [3.05, 3.63) is 24.3 Å². The van der Waals surface area contributed by atoms with Gasteiger partial charge in [0.05, 0.1) is 12.3 Å². The molecule has 0 saturated carbocycles. The van der Waals surface area contributed by atoms with Crippen LogP contribution in [0.25, 0.3) is 0 Å². The molecule has 0 aromatic heterocycles. The van der Waals surface area contributed by atoms with Crippen molar-refractivity contribution in [2.45, 2.75) is 25.0 Å². The topological polar surface area (TPSA) is 105 Å². The average Bonchev–Trinajstić information content (AvgIpc) is 3.01. The molecular formula is C16H18N2O6. The maximum atomic E-state index is 12.4. The van der Waals surface area contributed by atoms with E-state index in [-0.39, 0.29) is 32.1 Å². The van der Waals surface area contributed by atoms with Gasteiger partial charge in [0.25, 0.3) is 5.91 Å². The SMILES string of the molecule is CC1Oc2ccccc2N(CC(=O)NC2(C(=O)O)CCOC2)C1=O. The molecule has 24 heavy (non-hydrogen) atoms. The van der Waals surface area contributed by atoms with Crippen LogP contribution in [0.3, 0.4) is 0 Å². The number of carboxylic acids is 1. The van der Waals surface area contributed by atoms with Gasteiger partial charge in [-0.25, -0.2) is 4.79 Å². The molecule has 8 heteroatoms. The van der Waals surface area contributed by atoms with Gasteiger partial charge in [-0.2, -0.15) is 0 Å². The fraction of sp³-hybridized carbons (Fsp3) is 0.438. The Morgan fingerprint density at radius 3 is 2.83 bits per heavy atom. The molecule has 8 nitrogen and oxygen atoms in total. The zero-order chi connectivity index (χ0) is 17.3. The van der Waals surface area contributed by atoms with Crippen LogP contribution < -0.4 is 15.0 Å². The van der Waals surface area contributed by atoms with Crippen LogP contribution in [0.4, 0.5) is 5.69 Å². The van der Waals surface area contributed by atoms with Crippen LogP contribution in [0.15, 0.2) is 24.3 Å². The molecule has 3 rings (SSSR count). The predicted molar refractivity (Wildman–Crippen MR) is 82.8 cm³/mol. The summed E-state index contributed by atoms with van der Waals surface area (Å²) in [6.07, 6.45) is -0.520. The van der Waals surface area contributed by atoms with E-state index in [0.29, 0.717) is 11.4 Å². The molecule has 0 bridgehead atoms. The minimum Gasteiger partial charge on any atom is -0.479 e. The number of benzene rings is 1. The normalized spacial score (nSPS) is 25.8. The zero-order valence-electron chi connectivity index (χ0n) is 13.2. The summed E-state index contributed by atoms with van der Waals surface area (Å²) in [7, 11) is 0. The summed E-state index contributed by atoms with van der Waals surface area (Å²) in [5, 5.41) is 11.9. The number of nitrogens with zero attached hydrogens (tertiary/aromatic N) is 1. The molecule has 1 fully saturated rings. The number of carbonyl (C=O) groups is 3. The van der Waals surface area contributed by atoms with Crippen molar-refractivity contribution in [2.75, 3.05) is 24.7 Å². The highest BCUT2D eigenvalue weighted by atomic mass is 16.5. The maximum absolute atomic E-state index is 12.4. The summed E-state index contributed by atoms with van der Waals surface area (Å²) in [5.74, 6) is -1.54. The molecule has 2 unspecified atom stereocenters. The average molecular weight is 334 g/mol. The van der Waals surface area contributed by atoms with Crippen LogP contribution in [-0.4, -0.2) is 54.3 Å². The fourth-order valence-electron chi connectivity index (χ4n) is 2.86. The lowest BCUT2D eigenvalue weighted by Crippen LogP contribution is -2.58. The Hall–Kier alpha value is -2.61. The van der Waals surface area contributed by atoms with Crippen molar-refractivity contribution in [3.8, 4) is 5.75 Å². The van der Waals surface area contributed by atoms with Crippen LogP contribution in [-0.2, 0) is 19.1 Å². The molecule has 128 valence electrons. The molecule has 0 aliphatic carbocycles. The van der Waals surface area contributed by atoms with E-state index in [1.807, 2.05) is 0 Å². The van der Waals surface area contributed by atoms with Crippen molar-refractivity contribution >= 4 is 23.5 Å². The monoisotopic (exact) mass is 334 g/mol. The van der Waals surface area contributed by atoms with E-state index in [9.17, 15) is 19.5 Å². The second-order valence-corrected chi connectivity index (χ2v) is 5.89. The van der Waals surface area contributed by atoms with Crippen molar-refractivity contribution in [3.63, 3.8) is 0 Å². The van der Waals surface area contributed by atoms with Gasteiger partial charge < -0.3 is 19.9 Å². The van der Waals surface area contributed by atoms with Gasteiger partial charge in [0.2, 0.25) is 5.91 Å². The first-order valence-electron chi connectivity index (χ1n) is 7.62. The number of nitrogens with one attached hydrogen (secondary N) is 1. The number of rotatable bonds is 4. The first-order valence-corrected chi connectivity index (χ1v) is 7.62.